The second-order valence-electron chi connectivity index (χ2n) is 10.2. The van der Waals surface area contributed by atoms with Gasteiger partial charge in [0.25, 0.3) is 0 Å². The van der Waals surface area contributed by atoms with E-state index in [1.807, 2.05) is 0 Å². The summed E-state index contributed by atoms with van der Waals surface area (Å²) in [7, 11) is -0.892. The number of hydrogen-bond acceptors (Lipinski definition) is 0. The minimum Gasteiger partial charge on any atom is -0.0622 e. The van der Waals surface area contributed by atoms with Crippen LogP contribution in [0.4, 0.5) is 0 Å². The Hall–Kier alpha value is -2.33. The molecule has 6 aromatic carbocycles. The van der Waals surface area contributed by atoms with Crippen LogP contribution in [0.5, 0.6) is 0 Å². The summed E-state index contributed by atoms with van der Waals surface area (Å²) in [5.74, 6) is 0. The third-order valence-corrected chi connectivity index (χ3v) is 11.0. The molecule has 0 nitrogen and oxygen atoms in total. The first-order valence-corrected chi connectivity index (χ1v) is 25.6. The zero-order chi connectivity index (χ0) is 29.4. The van der Waals surface area contributed by atoms with E-state index in [-0.39, 0.29) is 28.5 Å². The van der Waals surface area contributed by atoms with Gasteiger partial charge in [0.15, 0.2) is 0 Å². The van der Waals surface area contributed by atoms with Crippen molar-refractivity contribution in [1.82, 2.24) is 0 Å². The molecule has 6 rings (SSSR count). The van der Waals surface area contributed by atoms with Crippen LogP contribution in [0.15, 0.2) is 182 Å². The van der Waals surface area contributed by atoms with Crippen LogP contribution in [-0.2, 0) is 21.1 Å². The minimum absolute atomic E-state index is 0. The fourth-order valence-electron chi connectivity index (χ4n) is 4.36. The average molecular weight is 899 g/mol. The summed E-state index contributed by atoms with van der Waals surface area (Å²) in [5, 5.41) is 8.39. The van der Waals surface area contributed by atoms with Crippen LogP contribution in [0.2, 0.25) is 14.8 Å². The van der Waals surface area contributed by atoms with Crippen molar-refractivity contribution in [2.24, 2.45) is 0 Å². The van der Waals surface area contributed by atoms with Gasteiger partial charge in [-0.2, -0.15) is 0 Å². The van der Waals surface area contributed by atoms with Crippen LogP contribution in [0.25, 0.3) is 0 Å². The van der Waals surface area contributed by atoms with Crippen LogP contribution in [0.3, 0.4) is 0 Å². The second-order valence-corrected chi connectivity index (χ2v) is 23.2. The Morgan fingerprint density at radius 1 is 0.295 bits per heavy atom. The summed E-state index contributed by atoms with van der Waals surface area (Å²) < 4.78 is 0. The molecule has 0 spiro atoms. The molecule has 227 valence electrons. The Bertz CT molecular complexity index is 1230. The van der Waals surface area contributed by atoms with Gasteiger partial charge in [-0.15, -0.1) is 0 Å². The van der Waals surface area contributed by atoms with E-state index in [9.17, 15) is 0 Å². The fourth-order valence-corrected chi connectivity index (χ4v) is 8.97. The van der Waals surface area contributed by atoms with Gasteiger partial charge in [0.2, 0.25) is 0 Å². The maximum absolute atomic E-state index is 2.36. The van der Waals surface area contributed by atoms with Crippen molar-refractivity contribution in [2.75, 3.05) is 0 Å². The fraction of sp³-hybridized carbons (Fsp3) is 0.0750. The molecule has 0 aromatic heterocycles. The van der Waals surface area contributed by atoms with Gasteiger partial charge < -0.3 is 7.43 Å². The molecular formula is C40H42P2PtSn-. The van der Waals surface area contributed by atoms with Crippen molar-refractivity contribution in [3.63, 3.8) is 0 Å². The van der Waals surface area contributed by atoms with E-state index in [0.717, 1.165) is 0 Å². The monoisotopic (exact) mass is 899 g/mol. The maximum atomic E-state index is 2.36. The van der Waals surface area contributed by atoms with Crippen molar-refractivity contribution in [2.45, 2.75) is 14.8 Å². The molecule has 0 N–H and O–H groups in total. The van der Waals surface area contributed by atoms with Gasteiger partial charge in [-0.3, -0.25) is 0 Å². The number of benzene rings is 6. The van der Waals surface area contributed by atoms with Crippen molar-refractivity contribution in [1.29, 1.82) is 0 Å². The van der Waals surface area contributed by atoms with E-state index >= 15 is 0 Å². The molecule has 0 atom stereocenters. The quantitative estimate of drug-likeness (QED) is 0.0893. The molecule has 0 fully saturated rings. The predicted octanol–water partition coefficient (Wildman–Crippen LogP) is 8.71. The van der Waals surface area contributed by atoms with Crippen molar-refractivity contribution < 1.29 is 21.1 Å². The summed E-state index contributed by atoms with van der Waals surface area (Å²) in [6.45, 7) is 0. The molecule has 4 heteroatoms. The Kier molecular flexibility index (Phi) is 18.4. The summed E-state index contributed by atoms with van der Waals surface area (Å²) in [5.41, 5.74) is 0. The number of hydrogen-bond donors (Lipinski definition) is 0. The molecule has 0 saturated carbocycles. The van der Waals surface area contributed by atoms with E-state index in [2.05, 4.69) is 197 Å². The summed E-state index contributed by atoms with van der Waals surface area (Å²) >= 11 is -0.543. The maximum Gasteiger partial charge on any atom is 0 e. The Balaban J connectivity index is 0.000000263. The van der Waals surface area contributed by atoms with Gasteiger partial charge in [0, 0.05) is 21.1 Å². The van der Waals surface area contributed by atoms with E-state index in [0.29, 0.717) is 0 Å². The molecule has 0 aliphatic rings. The molecular weight excluding hydrogens is 856 g/mol. The summed E-state index contributed by atoms with van der Waals surface area (Å²) in [6.07, 6.45) is 0. The molecule has 0 aliphatic carbocycles. The zero-order valence-electron chi connectivity index (χ0n) is 26.0. The molecule has 0 amide bonds. The molecule has 0 unspecified atom stereocenters. The smallest absolute Gasteiger partial charge is 0 e. The Morgan fingerprint density at radius 2 is 0.409 bits per heavy atom. The third kappa shape index (κ3) is 12.2. The van der Waals surface area contributed by atoms with E-state index in [1.54, 1.807) is 0 Å². The Labute approximate surface area is 290 Å². The van der Waals surface area contributed by atoms with Crippen molar-refractivity contribution in [3.8, 4) is 0 Å². The van der Waals surface area contributed by atoms with E-state index < -0.39 is 35.6 Å². The topological polar surface area (TPSA) is 0 Å². The molecule has 0 saturated heterocycles. The van der Waals surface area contributed by atoms with E-state index in [1.165, 1.54) is 31.8 Å². The van der Waals surface area contributed by atoms with E-state index in [4.69, 9.17) is 0 Å². The van der Waals surface area contributed by atoms with Gasteiger partial charge in [0.05, 0.1) is 0 Å². The molecule has 0 bridgehead atoms. The summed E-state index contributed by atoms with van der Waals surface area (Å²) in [6, 6.07) is 64.7. The third-order valence-electron chi connectivity index (χ3n) is 6.09. The van der Waals surface area contributed by atoms with Gasteiger partial charge >= 0.3 is 34.6 Å². The van der Waals surface area contributed by atoms with Gasteiger partial charge in [-0.1, -0.05) is 182 Å². The van der Waals surface area contributed by atoms with Gasteiger partial charge in [0.1, 0.15) is 0 Å². The first kappa shape index (κ1) is 37.9. The van der Waals surface area contributed by atoms with Crippen LogP contribution in [-0.4, -0.2) is 19.8 Å². The van der Waals surface area contributed by atoms with Crippen LogP contribution < -0.4 is 31.8 Å². The number of rotatable bonds is 6. The second kappa shape index (κ2) is 21.4. The molecule has 1 radical (unpaired) electrons. The first-order valence-electron chi connectivity index (χ1n) is 14.3. The predicted molar refractivity (Wildman–Crippen MR) is 200 cm³/mol. The summed E-state index contributed by atoms with van der Waals surface area (Å²) in [4.78, 5) is 7.09. The van der Waals surface area contributed by atoms with Crippen LogP contribution >= 0.6 is 15.8 Å². The standard InChI is InChI=1S/2C18H15P.4CH3.Pt.Sn/c2*1-4-10-16(11-5-1)19(17-12-6-2-7-13-17)18-14-8-3-9-15-18;;;;;;/h2*1-15H;4*1H3;;/q;;;;;-1;;. The van der Waals surface area contributed by atoms with Crippen molar-refractivity contribution in [3.05, 3.63) is 189 Å². The van der Waals surface area contributed by atoms with Gasteiger partial charge in [-0.25, -0.2) is 0 Å². The molecule has 6 aromatic rings. The molecule has 0 heterocycles. The normalized spacial score (nSPS) is 9.95. The van der Waals surface area contributed by atoms with Crippen LogP contribution in [0, 0.1) is 7.43 Å². The first-order chi connectivity index (χ1) is 20.6. The molecule has 0 aliphatic heterocycles. The molecule has 44 heavy (non-hydrogen) atoms. The SMILES string of the molecule is [CH3-].[CH3][Sn]([CH3])[CH3].[Pt].c1ccc(P(c2ccccc2)c2ccccc2)cc1.c1ccc(P(c2ccccc2)c2ccccc2)cc1. The van der Waals surface area contributed by atoms with Crippen molar-refractivity contribution >= 4 is 67.4 Å². The average Bonchev–Trinajstić information content (AvgIpc) is 3.05. The largest absolute Gasteiger partial charge is 0.0622 e. The van der Waals surface area contributed by atoms with Crippen LogP contribution in [0.1, 0.15) is 0 Å². The zero-order valence-corrected chi connectivity index (χ0v) is 32.9. The van der Waals surface area contributed by atoms with Gasteiger partial charge in [-0.05, 0) is 47.7 Å². The minimum atomic E-state index is -0.543. The Morgan fingerprint density at radius 3 is 0.523 bits per heavy atom.